The van der Waals surface area contributed by atoms with Crippen LogP contribution in [0.15, 0.2) is 41.3 Å². The molecule has 1 aliphatic heterocycles. The van der Waals surface area contributed by atoms with Gasteiger partial charge in [0.25, 0.3) is 0 Å². The highest BCUT2D eigenvalue weighted by Crippen LogP contribution is 2.34. The van der Waals surface area contributed by atoms with Gasteiger partial charge in [0.1, 0.15) is 12.2 Å². The van der Waals surface area contributed by atoms with E-state index in [1.165, 1.54) is 18.2 Å². The van der Waals surface area contributed by atoms with E-state index in [2.05, 4.69) is 4.72 Å². The first kappa shape index (κ1) is 16.6. The Morgan fingerprint density at radius 1 is 1.13 bits per heavy atom. The van der Waals surface area contributed by atoms with Gasteiger partial charge in [0.15, 0.2) is 5.79 Å². The standard InChI is InChI=1S/C16H21NO5S/c1-10-4-6-11(7-5-10)23(19,20)17-14-12(18)8-9-13-15(14)22-16(2,3)21-13/h4-9,12-15,17-18H,1-3H3/t12-,13-,14-,15-/m1/s1. The summed E-state index contributed by atoms with van der Waals surface area (Å²) in [5.41, 5.74) is 0.971. The molecule has 6 nitrogen and oxygen atoms in total. The van der Waals surface area contributed by atoms with Crippen LogP contribution in [-0.4, -0.2) is 43.7 Å². The minimum absolute atomic E-state index is 0.152. The quantitative estimate of drug-likeness (QED) is 0.806. The van der Waals surface area contributed by atoms with Gasteiger partial charge < -0.3 is 14.6 Å². The minimum atomic E-state index is -3.76. The summed E-state index contributed by atoms with van der Waals surface area (Å²) in [6, 6.07) is 5.73. The zero-order valence-electron chi connectivity index (χ0n) is 13.3. The first-order valence-electron chi connectivity index (χ1n) is 7.49. The monoisotopic (exact) mass is 339 g/mol. The summed E-state index contributed by atoms with van der Waals surface area (Å²) in [5.74, 6) is -0.822. The normalized spacial score (nSPS) is 32.7. The van der Waals surface area contributed by atoms with Gasteiger partial charge in [-0.1, -0.05) is 29.8 Å². The van der Waals surface area contributed by atoms with Crippen LogP contribution in [0.25, 0.3) is 0 Å². The van der Waals surface area contributed by atoms with Crippen molar-refractivity contribution in [3.63, 3.8) is 0 Å². The Bertz CT molecular complexity index is 710. The zero-order chi connectivity index (χ0) is 16.8. The smallest absolute Gasteiger partial charge is 0.241 e. The van der Waals surface area contributed by atoms with Crippen LogP contribution < -0.4 is 4.72 Å². The average molecular weight is 339 g/mol. The topological polar surface area (TPSA) is 84.9 Å². The second kappa shape index (κ2) is 5.68. The molecule has 2 N–H and O–H groups in total. The van der Waals surface area contributed by atoms with Crippen molar-refractivity contribution in [3.8, 4) is 0 Å². The van der Waals surface area contributed by atoms with Gasteiger partial charge in [0.05, 0.1) is 17.0 Å². The number of benzene rings is 1. The van der Waals surface area contributed by atoms with Crippen molar-refractivity contribution in [3.05, 3.63) is 42.0 Å². The lowest BCUT2D eigenvalue weighted by Gasteiger charge is -2.32. The maximum absolute atomic E-state index is 12.6. The van der Waals surface area contributed by atoms with E-state index in [0.717, 1.165) is 5.56 Å². The summed E-state index contributed by atoms with van der Waals surface area (Å²) in [6.45, 7) is 5.41. The maximum Gasteiger partial charge on any atom is 0.241 e. The van der Waals surface area contributed by atoms with Crippen molar-refractivity contribution < 1.29 is 23.0 Å². The summed E-state index contributed by atoms with van der Waals surface area (Å²) in [4.78, 5) is 0.152. The van der Waals surface area contributed by atoms with Crippen molar-refractivity contribution in [1.29, 1.82) is 0 Å². The molecular weight excluding hydrogens is 318 g/mol. The van der Waals surface area contributed by atoms with Gasteiger partial charge in [0.2, 0.25) is 10.0 Å². The van der Waals surface area contributed by atoms with E-state index in [0.29, 0.717) is 0 Å². The summed E-state index contributed by atoms with van der Waals surface area (Å²) in [7, 11) is -3.76. The average Bonchev–Trinajstić information content (AvgIpc) is 2.77. The first-order chi connectivity index (χ1) is 10.7. The zero-order valence-corrected chi connectivity index (χ0v) is 14.1. The van der Waals surface area contributed by atoms with E-state index in [9.17, 15) is 13.5 Å². The van der Waals surface area contributed by atoms with E-state index in [-0.39, 0.29) is 11.0 Å². The van der Waals surface area contributed by atoms with E-state index in [4.69, 9.17) is 9.47 Å². The predicted octanol–water partition coefficient (Wildman–Crippen LogP) is 1.09. The van der Waals surface area contributed by atoms with E-state index >= 15 is 0 Å². The maximum atomic E-state index is 12.6. The van der Waals surface area contributed by atoms with Crippen molar-refractivity contribution >= 4 is 10.0 Å². The van der Waals surface area contributed by atoms with Crippen LogP contribution in [0.3, 0.4) is 0 Å². The molecule has 0 unspecified atom stereocenters. The molecule has 1 aromatic rings. The van der Waals surface area contributed by atoms with Crippen molar-refractivity contribution in [1.82, 2.24) is 4.72 Å². The number of hydrogen-bond acceptors (Lipinski definition) is 5. The molecular formula is C16H21NO5S. The van der Waals surface area contributed by atoms with Crippen LogP contribution in [0.4, 0.5) is 0 Å². The van der Waals surface area contributed by atoms with Gasteiger partial charge in [-0.3, -0.25) is 0 Å². The molecule has 126 valence electrons. The van der Waals surface area contributed by atoms with Crippen molar-refractivity contribution in [2.24, 2.45) is 0 Å². The largest absolute Gasteiger partial charge is 0.387 e. The fourth-order valence-corrected chi connectivity index (χ4v) is 4.14. The van der Waals surface area contributed by atoms with Gasteiger partial charge in [0, 0.05) is 0 Å². The molecule has 0 amide bonds. The Labute approximate surface area is 136 Å². The highest BCUT2D eigenvalue weighted by molar-refractivity contribution is 7.89. The number of hydrogen-bond donors (Lipinski definition) is 2. The molecule has 1 aromatic carbocycles. The molecule has 7 heteroatoms. The summed E-state index contributed by atoms with van der Waals surface area (Å²) in [6.07, 6.45) is 1.30. The van der Waals surface area contributed by atoms with Gasteiger partial charge >= 0.3 is 0 Å². The molecule has 23 heavy (non-hydrogen) atoms. The van der Waals surface area contributed by atoms with Crippen LogP contribution in [-0.2, 0) is 19.5 Å². The van der Waals surface area contributed by atoms with E-state index < -0.39 is 34.1 Å². The highest BCUT2D eigenvalue weighted by atomic mass is 32.2. The number of ether oxygens (including phenoxy) is 2. The lowest BCUT2D eigenvalue weighted by Crippen LogP contribution is -2.55. The first-order valence-corrected chi connectivity index (χ1v) is 8.97. The van der Waals surface area contributed by atoms with Gasteiger partial charge in [-0.2, -0.15) is 0 Å². The molecule has 0 bridgehead atoms. The van der Waals surface area contributed by atoms with Crippen LogP contribution in [0.2, 0.25) is 0 Å². The van der Waals surface area contributed by atoms with Crippen LogP contribution in [0, 0.1) is 6.92 Å². The molecule has 0 aromatic heterocycles. The number of sulfonamides is 1. The minimum Gasteiger partial charge on any atom is -0.387 e. The van der Waals surface area contributed by atoms with E-state index in [1.54, 1.807) is 32.1 Å². The predicted molar refractivity (Wildman–Crippen MR) is 84.3 cm³/mol. The van der Waals surface area contributed by atoms with Gasteiger partial charge in [-0.05, 0) is 32.9 Å². The molecule has 0 radical (unpaired) electrons. The number of rotatable bonds is 3. The molecule has 1 heterocycles. The Morgan fingerprint density at radius 2 is 1.78 bits per heavy atom. The van der Waals surface area contributed by atoms with Crippen LogP contribution in [0.1, 0.15) is 19.4 Å². The number of nitrogens with one attached hydrogen (secondary N) is 1. The Kier molecular flexibility index (Phi) is 4.10. The fourth-order valence-electron chi connectivity index (χ4n) is 2.88. The van der Waals surface area contributed by atoms with Crippen molar-refractivity contribution in [2.75, 3.05) is 0 Å². The SMILES string of the molecule is Cc1ccc(S(=O)(=O)N[C@H]2[C@@H]3OC(C)(C)O[C@@H]3C=C[C@H]2O)cc1. The fraction of sp³-hybridized carbons (Fsp3) is 0.500. The lowest BCUT2D eigenvalue weighted by molar-refractivity contribution is -0.146. The number of fused-ring (bicyclic) bond motifs is 1. The molecule has 1 fully saturated rings. The molecule has 1 aliphatic carbocycles. The summed E-state index contributed by atoms with van der Waals surface area (Å²) in [5, 5.41) is 10.2. The molecule has 0 saturated carbocycles. The van der Waals surface area contributed by atoms with Gasteiger partial charge in [-0.25, -0.2) is 13.1 Å². The van der Waals surface area contributed by atoms with Crippen molar-refractivity contribution in [2.45, 2.75) is 55.8 Å². The lowest BCUT2D eigenvalue weighted by atomic mass is 9.95. The molecule has 2 aliphatic rings. The van der Waals surface area contributed by atoms with Crippen LogP contribution >= 0.6 is 0 Å². The molecule has 0 spiro atoms. The summed E-state index contributed by atoms with van der Waals surface area (Å²) < 4.78 is 39.2. The molecule has 4 atom stereocenters. The summed E-state index contributed by atoms with van der Waals surface area (Å²) >= 11 is 0. The van der Waals surface area contributed by atoms with Crippen LogP contribution in [0.5, 0.6) is 0 Å². The Morgan fingerprint density at radius 3 is 2.43 bits per heavy atom. The number of aliphatic hydroxyl groups is 1. The molecule has 3 rings (SSSR count). The third-order valence-electron chi connectivity index (χ3n) is 4.01. The third kappa shape index (κ3) is 3.34. The van der Waals surface area contributed by atoms with E-state index in [1.807, 2.05) is 6.92 Å². The number of aliphatic hydroxyl groups excluding tert-OH is 1. The second-order valence-corrected chi connectivity index (χ2v) is 8.11. The molecule has 1 saturated heterocycles. The highest BCUT2D eigenvalue weighted by Gasteiger charge is 2.49. The van der Waals surface area contributed by atoms with Gasteiger partial charge in [-0.15, -0.1) is 0 Å². The second-order valence-electron chi connectivity index (χ2n) is 6.40. The Hall–Kier alpha value is -1.25. The number of aryl methyl sites for hydroxylation is 1. The third-order valence-corrected chi connectivity index (χ3v) is 5.48. The Balaban J connectivity index is 1.86.